The van der Waals surface area contributed by atoms with Gasteiger partial charge in [-0.05, 0) is 39.3 Å². The second-order valence-electron chi connectivity index (χ2n) is 7.90. The first-order chi connectivity index (χ1) is 13.7. The molecule has 0 fully saturated rings. The summed E-state index contributed by atoms with van der Waals surface area (Å²) in [5, 5.41) is 12.2. The third kappa shape index (κ3) is 4.74. The fraction of sp³-hybridized carbons (Fsp3) is 0.318. The maximum absolute atomic E-state index is 12.2. The van der Waals surface area contributed by atoms with Crippen LogP contribution < -0.4 is 5.32 Å². The number of carboxylic acid groups (broad SMARTS) is 1. The monoisotopic (exact) mass is 395 g/mol. The van der Waals surface area contributed by atoms with E-state index in [1.54, 1.807) is 20.8 Å². The van der Waals surface area contributed by atoms with Crippen molar-refractivity contribution in [2.75, 3.05) is 0 Å². The highest BCUT2D eigenvalue weighted by Gasteiger charge is 2.27. The molecule has 0 aliphatic carbocycles. The summed E-state index contributed by atoms with van der Waals surface area (Å²) in [6, 6.07) is 12.3. The Morgan fingerprint density at radius 2 is 1.86 bits per heavy atom. The lowest BCUT2D eigenvalue weighted by molar-refractivity contribution is -0.139. The van der Waals surface area contributed by atoms with E-state index in [9.17, 15) is 14.7 Å². The molecule has 2 N–H and O–H groups in total. The minimum atomic E-state index is -1.16. The molecule has 1 atom stereocenters. The molecule has 0 spiro atoms. The van der Waals surface area contributed by atoms with Gasteiger partial charge in [0.2, 0.25) is 0 Å². The highest BCUT2D eigenvalue weighted by atomic mass is 16.6. The van der Waals surface area contributed by atoms with Gasteiger partial charge in [0.1, 0.15) is 17.3 Å². The summed E-state index contributed by atoms with van der Waals surface area (Å²) in [6.45, 7) is 7.13. The number of amides is 1. The molecular formula is C22H25N3O4. The summed E-state index contributed by atoms with van der Waals surface area (Å²) in [5.41, 5.74) is 3.29. The van der Waals surface area contributed by atoms with Gasteiger partial charge >= 0.3 is 12.1 Å². The fourth-order valence-corrected chi connectivity index (χ4v) is 3.12. The molecule has 1 unspecified atom stereocenters. The van der Waals surface area contributed by atoms with E-state index in [4.69, 9.17) is 9.72 Å². The van der Waals surface area contributed by atoms with Gasteiger partial charge in [0.05, 0.1) is 11.4 Å². The number of nitrogens with one attached hydrogen (secondary N) is 1. The molecular weight excluding hydrogens is 370 g/mol. The smallest absolute Gasteiger partial charge is 0.408 e. The van der Waals surface area contributed by atoms with Crippen molar-refractivity contribution in [3.05, 3.63) is 59.9 Å². The van der Waals surface area contributed by atoms with Crippen molar-refractivity contribution in [2.45, 2.75) is 45.8 Å². The summed E-state index contributed by atoms with van der Waals surface area (Å²) in [4.78, 5) is 28.8. The number of carbonyl (C=O) groups excluding carboxylic acids is 1. The molecule has 0 saturated carbocycles. The van der Waals surface area contributed by atoms with Crippen molar-refractivity contribution in [2.24, 2.45) is 0 Å². The number of rotatable bonds is 5. The highest BCUT2D eigenvalue weighted by molar-refractivity contribution is 5.81. The van der Waals surface area contributed by atoms with Gasteiger partial charge in [-0.25, -0.2) is 14.6 Å². The highest BCUT2D eigenvalue weighted by Crippen LogP contribution is 2.27. The maximum Gasteiger partial charge on any atom is 0.408 e. The van der Waals surface area contributed by atoms with Crippen molar-refractivity contribution in [3.8, 4) is 11.3 Å². The number of benzene rings is 1. The maximum atomic E-state index is 12.2. The molecule has 0 saturated heterocycles. The lowest BCUT2D eigenvalue weighted by Gasteiger charge is -2.22. The summed E-state index contributed by atoms with van der Waals surface area (Å²) in [7, 11) is 0. The van der Waals surface area contributed by atoms with Crippen LogP contribution in [0.1, 0.15) is 32.0 Å². The van der Waals surface area contributed by atoms with Gasteiger partial charge < -0.3 is 19.6 Å². The molecule has 0 bridgehead atoms. The summed E-state index contributed by atoms with van der Waals surface area (Å²) in [5.74, 6) is -1.14. The summed E-state index contributed by atoms with van der Waals surface area (Å²) < 4.78 is 7.10. The minimum absolute atomic E-state index is 0.0590. The molecule has 29 heavy (non-hydrogen) atoms. The number of hydrogen-bond acceptors (Lipinski definition) is 4. The van der Waals surface area contributed by atoms with Crippen LogP contribution in [0.15, 0.2) is 48.7 Å². The van der Waals surface area contributed by atoms with Gasteiger partial charge in [-0.15, -0.1) is 0 Å². The zero-order valence-corrected chi connectivity index (χ0v) is 17.0. The quantitative estimate of drug-likeness (QED) is 0.685. The van der Waals surface area contributed by atoms with Crippen LogP contribution in [0.2, 0.25) is 0 Å². The van der Waals surface area contributed by atoms with Crippen LogP contribution in [0.3, 0.4) is 0 Å². The second-order valence-corrected chi connectivity index (χ2v) is 7.90. The number of aliphatic carboxylic acids is 1. The fourth-order valence-electron chi connectivity index (χ4n) is 3.12. The van der Waals surface area contributed by atoms with Crippen molar-refractivity contribution in [1.82, 2.24) is 14.7 Å². The molecule has 7 heteroatoms. The number of carbonyl (C=O) groups is 2. The molecule has 2 heterocycles. The third-order valence-electron chi connectivity index (χ3n) is 4.38. The van der Waals surface area contributed by atoms with Gasteiger partial charge in [-0.2, -0.15) is 0 Å². The van der Waals surface area contributed by atoms with E-state index in [1.165, 1.54) is 0 Å². The molecule has 2 aromatic heterocycles. The molecule has 152 valence electrons. The lowest BCUT2D eigenvalue weighted by Crippen LogP contribution is -2.44. The Morgan fingerprint density at radius 1 is 1.17 bits per heavy atom. The Bertz CT molecular complexity index is 1040. The number of carboxylic acids is 1. The van der Waals surface area contributed by atoms with Gasteiger partial charge in [0.25, 0.3) is 0 Å². The van der Waals surface area contributed by atoms with Crippen LogP contribution in [0.25, 0.3) is 16.9 Å². The number of aryl methyl sites for hydroxylation is 1. The van der Waals surface area contributed by atoms with Crippen LogP contribution in [-0.4, -0.2) is 38.2 Å². The topological polar surface area (TPSA) is 92.9 Å². The molecule has 3 aromatic rings. The standard InChI is InChI=1S/C22H25N3O4/c1-14-9-8-12-25-17(18(24-19(14)25)15-10-6-5-7-11-15)13-16(20(26)27)23-21(28)29-22(2,3)4/h5-12,16H,13H2,1-4H3,(H,23,28)(H,26,27). The number of pyridine rings is 1. The summed E-state index contributed by atoms with van der Waals surface area (Å²) >= 11 is 0. The number of aromatic nitrogens is 2. The van der Waals surface area contributed by atoms with E-state index in [2.05, 4.69) is 5.32 Å². The first kappa shape index (κ1) is 20.4. The number of hydrogen-bond donors (Lipinski definition) is 2. The van der Waals surface area contributed by atoms with E-state index in [1.807, 2.05) is 60.0 Å². The van der Waals surface area contributed by atoms with Crippen LogP contribution >= 0.6 is 0 Å². The zero-order valence-electron chi connectivity index (χ0n) is 17.0. The molecule has 3 rings (SSSR count). The molecule has 0 aliphatic heterocycles. The molecule has 1 amide bonds. The zero-order chi connectivity index (χ0) is 21.2. The third-order valence-corrected chi connectivity index (χ3v) is 4.38. The van der Waals surface area contributed by atoms with Crippen LogP contribution in [-0.2, 0) is 16.0 Å². The van der Waals surface area contributed by atoms with E-state index in [-0.39, 0.29) is 6.42 Å². The average molecular weight is 395 g/mol. The van der Waals surface area contributed by atoms with Crippen LogP contribution in [0.5, 0.6) is 0 Å². The number of fused-ring (bicyclic) bond motifs is 1. The normalized spacial score (nSPS) is 12.6. The summed E-state index contributed by atoms with van der Waals surface area (Å²) in [6.07, 6.45) is 1.14. The average Bonchev–Trinajstić information content (AvgIpc) is 3.00. The van der Waals surface area contributed by atoms with E-state index < -0.39 is 23.7 Å². The Hall–Kier alpha value is -3.35. The van der Waals surface area contributed by atoms with Crippen molar-refractivity contribution < 1.29 is 19.4 Å². The Morgan fingerprint density at radius 3 is 2.48 bits per heavy atom. The van der Waals surface area contributed by atoms with Crippen LogP contribution in [0, 0.1) is 6.92 Å². The van der Waals surface area contributed by atoms with E-state index >= 15 is 0 Å². The number of alkyl carbamates (subject to hydrolysis) is 1. The predicted molar refractivity (Wildman–Crippen MR) is 110 cm³/mol. The van der Waals surface area contributed by atoms with Gasteiger partial charge in [0, 0.05) is 18.2 Å². The van der Waals surface area contributed by atoms with Crippen molar-refractivity contribution >= 4 is 17.7 Å². The van der Waals surface area contributed by atoms with E-state index in [0.29, 0.717) is 11.4 Å². The molecule has 7 nitrogen and oxygen atoms in total. The van der Waals surface area contributed by atoms with E-state index in [0.717, 1.165) is 16.8 Å². The van der Waals surface area contributed by atoms with Crippen molar-refractivity contribution in [1.29, 1.82) is 0 Å². The number of imidazole rings is 1. The first-order valence-corrected chi connectivity index (χ1v) is 9.40. The van der Waals surface area contributed by atoms with Gasteiger partial charge in [0.15, 0.2) is 0 Å². The van der Waals surface area contributed by atoms with Crippen LogP contribution in [0.4, 0.5) is 4.79 Å². The number of nitrogens with zero attached hydrogens (tertiary/aromatic N) is 2. The second kappa shape index (κ2) is 7.95. The SMILES string of the molecule is Cc1cccn2c(CC(NC(=O)OC(C)(C)C)C(=O)O)c(-c3ccccc3)nc12. The molecule has 1 aromatic carbocycles. The minimum Gasteiger partial charge on any atom is -0.480 e. The Kier molecular flexibility index (Phi) is 5.59. The molecule has 0 aliphatic rings. The molecule has 0 radical (unpaired) electrons. The number of ether oxygens (including phenoxy) is 1. The predicted octanol–water partition coefficient (Wildman–Crippen LogP) is 3.83. The Balaban J connectivity index is 2.02. The Labute approximate surface area is 169 Å². The lowest BCUT2D eigenvalue weighted by atomic mass is 10.1. The largest absolute Gasteiger partial charge is 0.480 e. The first-order valence-electron chi connectivity index (χ1n) is 9.40. The van der Waals surface area contributed by atoms with Crippen molar-refractivity contribution in [3.63, 3.8) is 0 Å². The van der Waals surface area contributed by atoms with Gasteiger partial charge in [-0.1, -0.05) is 36.4 Å². The van der Waals surface area contributed by atoms with Gasteiger partial charge in [-0.3, -0.25) is 0 Å².